The minimum Gasteiger partial charge on any atom is -0.473 e. The molecule has 2 heterocycles. The van der Waals surface area contributed by atoms with Gasteiger partial charge < -0.3 is 4.74 Å². The molecule has 1 aromatic carbocycles. The summed E-state index contributed by atoms with van der Waals surface area (Å²) in [4.78, 5) is 12.7. The minimum atomic E-state index is -4.53. The number of benzene rings is 1. The summed E-state index contributed by atoms with van der Waals surface area (Å²) in [5, 5.41) is -0.173. The number of para-hydroxylation sites is 2. The molecule has 4 nitrogen and oxygen atoms in total. The van der Waals surface area contributed by atoms with E-state index >= 15 is 0 Å². The molecule has 0 N–H and O–H groups in total. The van der Waals surface area contributed by atoms with Gasteiger partial charge in [0.05, 0.1) is 27.7 Å². The van der Waals surface area contributed by atoms with Crippen molar-refractivity contribution in [2.24, 2.45) is 0 Å². The van der Waals surface area contributed by atoms with E-state index in [1.807, 2.05) is 13.8 Å². The zero-order valence-corrected chi connectivity index (χ0v) is 14.1. The summed E-state index contributed by atoms with van der Waals surface area (Å²) in [5.74, 6) is 0.169. The van der Waals surface area contributed by atoms with Crippen molar-refractivity contribution in [1.82, 2.24) is 15.0 Å². The number of hydrogen-bond acceptors (Lipinski definition) is 4. The Kier molecular flexibility index (Phi) is 4.51. The van der Waals surface area contributed by atoms with Crippen LogP contribution in [0.25, 0.3) is 22.4 Å². The van der Waals surface area contributed by atoms with Crippen LogP contribution >= 0.6 is 11.6 Å². The number of hydrogen-bond donors (Lipinski definition) is 0. The van der Waals surface area contributed by atoms with Gasteiger partial charge in [-0.1, -0.05) is 23.7 Å². The van der Waals surface area contributed by atoms with Gasteiger partial charge in [-0.15, -0.1) is 0 Å². The molecule has 0 aliphatic rings. The second kappa shape index (κ2) is 6.48. The first-order chi connectivity index (χ1) is 11.8. The van der Waals surface area contributed by atoms with Gasteiger partial charge in [0, 0.05) is 6.20 Å². The molecule has 0 saturated carbocycles. The van der Waals surface area contributed by atoms with Gasteiger partial charge in [-0.2, -0.15) is 13.2 Å². The highest BCUT2D eigenvalue weighted by Crippen LogP contribution is 2.36. The van der Waals surface area contributed by atoms with E-state index in [-0.39, 0.29) is 28.4 Å². The number of nitrogens with zero attached hydrogens (tertiary/aromatic N) is 3. The van der Waals surface area contributed by atoms with Crippen LogP contribution in [-0.2, 0) is 6.18 Å². The largest absolute Gasteiger partial charge is 0.473 e. The molecule has 3 aromatic rings. The van der Waals surface area contributed by atoms with Crippen molar-refractivity contribution in [3.63, 3.8) is 0 Å². The average Bonchev–Trinajstić information content (AvgIpc) is 2.53. The third-order valence-electron chi connectivity index (χ3n) is 3.28. The Balaban J connectivity index is 2.19. The van der Waals surface area contributed by atoms with Gasteiger partial charge in [-0.05, 0) is 32.0 Å². The maximum atomic E-state index is 12.8. The van der Waals surface area contributed by atoms with E-state index in [1.165, 1.54) is 0 Å². The second-order valence-electron chi connectivity index (χ2n) is 5.58. The fraction of sp³-hybridized carbons (Fsp3) is 0.235. The van der Waals surface area contributed by atoms with Crippen molar-refractivity contribution in [3.8, 4) is 17.3 Å². The molecule has 8 heteroatoms. The molecule has 0 spiro atoms. The zero-order valence-electron chi connectivity index (χ0n) is 13.3. The summed E-state index contributed by atoms with van der Waals surface area (Å²) in [7, 11) is 0. The van der Waals surface area contributed by atoms with Crippen LogP contribution in [0.5, 0.6) is 5.88 Å². The maximum Gasteiger partial charge on any atom is 0.417 e. The molecule has 130 valence electrons. The molecule has 0 unspecified atom stereocenters. The van der Waals surface area contributed by atoms with E-state index in [0.717, 1.165) is 12.3 Å². The Bertz CT molecular complexity index is 929. The lowest BCUT2D eigenvalue weighted by atomic mass is 10.2. The molecule has 0 radical (unpaired) electrons. The Morgan fingerprint density at radius 2 is 1.68 bits per heavy atom. The zero-order chi connectivity index (χ0) is 18.2. The van der Waals surface area contributed by atoms with Gasteiger partial charge >= 0.3 is 6.18 Å². The number of aromatic nitrogens is 3. The molecule has 0 saturated heterocycles. The fourth-order valence-corrected chi connectivity index (χ4v) is 2.47. The third-order valence-corrected chi connectivity index (χ3v) is 3.57. The second-order valence-corrected chi connectivity index (χ2v) is 5.99. The summed E-state index contributed by atoms with van der Waals surface area (Å²) >= 11 is 6.04. The quantitative estimate of drug-likeness (QED) is 0.642. The van der Waals surface area contributed by atoms with Gasteiger partial charge in [0.15, 0.2) is 5.69 Å². The van der Waals surface area contributed by atoms with Crippen molar-refractivity contribution >= 4 is 22.6 Å². The van der Waals surface area contributed by atoms with Gasteiger partial charge in [0.25, 0.3) is 0 Å². The maximum absolute atomic E-state index is 12.8. The number of ether oxygens (including phenoxy) is 1. The summed E-state index contributed by atoms with van der Waals surface area (Å²) < 4.78 is 44.1. The highest BCUT2D eigenvalue weighted by Gasteiger charge is 2.32. The molecule has 3 rings (SSSR count). The predicted octanol–water partition coefficient (Wildman–Crippen LogP) is 5.15. The van der Waals surface area contributed by atoms with Crippen LogP contribution in [0.4, 0.5) is 13.2 Å². The van der Waals surface area contributed by atoms with E-state index in [9.17, 15) is 13.2 Å². The lowest BCUT2D eigenvalue weighted by Gasteiger charge is -2.14. The number of pyridine rings is 1. The number of alkyl halides is 3. The number of halogens is 4. The highest BCUT2D eigenvalue weighted by atomic mass is 35.5. The van der Waals surface area contributed by atoms with Crippen molar-refractivity contribution in [2.45, 2.75) is 26.1 Å². The van der Waals surface area contributed by atoms with Gasteiger partial charge in [0.2, 0.25) is 5.88 Å². The Labute approximate surface area is 146 Å². The monoisotopic (exact) mass is 367 g/mol. The summed E-state index contributed by atoms with van der Waals surface area (Å²) in [6, 6.07) is 7.91. The Hall–Kier alpha value is -2.41. The Morgan fingerprint density at radius 1 is 1.04 bits per heavy atom. The fourth-order valence-electron chi connectivity index (χ4n) is 2.21. The van der Waals surface area contributed by atoms with Crippen LogP contribution in [0.15, 0.2) is 36.5 Å². The lowest BCUT2D eigenvalue weighted by molar-refractivity contribution is -0.137. The molecule has 25 heavy (non-hydrogen) atoms. The standard InChI is InChI=1S/C17H13ClF3N3O/c1-9(2)25-16-15(23-12-5-3-4-6-13(12)24-16)14-11(18)7-10(8-22-14)17(19,20)21/h3-9H,1-2H3. The van der Waals surface area contributed by atoms with Crippen LogP contribution in [0.3, 0.4) is 0 Å². The average molecular weight is 368 g/mol. The summed E-state index contributed by atoms with van der Waals surface area (Å²) in [6.07, 6.45) is -4.01. The lowest BCUT2D eigenvalue weighted by Crippen LogP contribution is -2.10. The molecule has 0 bridgehead atoms. The van der Waals surface area contributed by atoms with E-state index in [1.54, 1.807) is 24.3 Å². The van der Waals surface area contributed by atoms with Crippen LogP contribution in [0.2, 0.25) is 5.02 Å². The van der Waals surface area contributed by atoms with E-state index in [2.05, 4.69) is 15.0 Å². The number of rotatable bonds is 3. The summed E-state index contributed by atoms with van der Waals surface area (Å²) in [6.45, 7) is 3.62. The smallest absolute Gasteiger partial charge is 0.417 e. The molecule has 0 fully saturated rings. The molecule has 0 amide bonds. The molecule has 0 aliphatic carbocycles. The Morgan fingerprint density at radius 3 is 2.24 bits per heavy atom. The van der Waals surface area contributed by atoms with Gasteiger partial charge in [-0.3, -0.25) is 4.98 Å². The normalized spacial score (nSPS) is 12.0. The third kappa shape index (κ3) is 3.66. The first-order valence-electron chi connectivity index (χ1n) is 7.42. The van der Waals surface area contributed by atoms with Crippen molar-refractivity contribution < 1.29 is 17.9 Å². The molecular weight excluding hydrogens is 355 g/mol. The molecule has 2 aromatic heterocycles. The van der Waals surface area contributed by atoms with Gasteiger partial charge in [-0.25, -0.2) is 9.97 Å². The van der Waals surface area contributed by atoms with Crippen molar-refractivity contribution in [2.75, 3.05) is 0 Å². The van der Waals surface area contributed by atoms with E-state index in [0.29, 0.717) is 11.0 Å². The molecule has 0 atom stereocenters. The van der Waals surface area contributed by atoms with Crippen molar-refractivity contribution in [3.05, 3.63) is 47.1 Å². The molecule has 0 aliphatic heterocycles. The molecular formula is C17H13ClF3N3O. The van der Waals surface area contributed by atoms with Gasteiger partial charge in [0.1, 0.15) is 5.69 Å². The minimum absolute atomic E-state index is 0.0866. The van der Waals surface area contributed by atoms with Crippen molar-refractivity contribution in [1.29, 1.82) is 0 Å². The predicted molar refractivity (Wildman–Crippen MR) is 88.5 cm³/mol. The highest BCUT2D eigenvalue weighted by molar-refractivity contribution is 6.33. The van der Waals surface area contributed by atoms with Crippen LogP contribution < -0.4 is 4.74 Å². The van der Waals surface area contributed by atoms with E-state index in [4.69, 9.17) is 16.3 Å². The first kappa shape index (κ1) is 17.4. The van der Waals surface area contributed by atoms with Crippen LogP contribution in [-0.4, -0.2) is 21.1 Å². The summed E-state index contributed by atoms with van der Waals surface area (Å²) in [5.41, 5.74) is 0.521. The SMILES string of the molecule is CC(C)Oc1nc2ccccc2nc1-c1ncc(C(F)(F)F)cc1Cl. The topological polar surface area (TPSA) is 47.9 Å². The number of fused-ring (bicyclic) bond motifs is 1. The van der Waals surface area contributed by atoms with E-state index < -0.39 is 11.7 Å². The van der Waals surface area contributed by atoms with Crippen LogP contribution in [0.1, 0.15) is 19.4 Å². The first-order valence-corrected chi connectivity index (χ1v) is 7.80. The van der Waals surface area contributed by atoms with Crippen LogP contribution in [0, 0.1) is 0 Å².